The lowest BCUT2D eigenvalue weighted by Gasteiger charge is -2.21. The number of aryl methyl sites for hydroxylation is 1. The van der Waals surface area contributed by atoms with Crippen molar-refractivity contribution < 1.29 is 9.09 Å². The van der Waals surface area contributed by atoms with Crippen LogP contribution in [0.4, 0.5) is 0 Å². The first-order valence-corrected chi connectivity index (χ1v) is 12.0. The molecule has 3 aromatic rings. The third kappa shape index (κ3) is 5.85. The fourth-order valence-corrected chi connectivity index (χ4v) is 5.15. The van der Waals surface area contributed by atoms with E-state index < -0.39 is 7.52 Å². The van der Waals surface area contributed by atoms with E-state index in [1.807, 2.05) is 49.4 Å². The van der Waals surface area contributed by atoms with Gasteiger partial charge in [-0.2, -0.15) is 0 Å². The molecule has 3 rings (SSSR count). The molecule has 0 amide bonds. The summed E-state index contributed by atoms with van der Waals surface area (Å²) in [5.74, 6) is 6.32. The zero-order chi connectivity index (χ0) is 21.4. The molecule has 0 heterocycles. The molecule has 0 saturated carbocycles. The SMILES string of the molecule is CCOP(=O)(NCc1ccccc1)c1cc(Cl)ccc1C#Cc1ccc(CC)cc1. The van der Waals surface area contributed by atoms with Gasteiger partial charge in [-0.15, -0.1) is 0 Å². The van der Waals surface area contributed by atoms with Crippen LogP contribution in [-0.2, 0) is 22.1 Å². The molecule has 0 saturated heterocycles. The van der Waals surface area contributed by atoms with Crippen molar-refractivity contribution in [2.45, 2.75) is 26.8 Å². The number of hydrogen-bond donors (Lipinski definition) is 1. The van der Waals surface area contributed by atoms with Gasteiger partial charge in [0, 0.05) is 22.7 Å². The van der Waals surface area contributed by atoms with E-state index in [1.54, 1.807) is 18.2 Å². The highest BCUT2D eigenvalue weighted by Gasteiger charge is 2.28. The molecular weight excluding hydrogens is 413 g/mol. The number of benzene rings is 3. The van der Waals surface area contributed by atoms with Crippen LogP contribution in [0.25, 0.3) is 0 Å². The summed E-state index contributed by atoms with van der Waals surface area (Å²) in [6.45, 7) is 4.66. The molecule has 0 aromatic heterocycles. The van der Waals surface area contributed by atoms with Crippen LogP contribution in [-0.4, -0.2) is 6.61 Å². The molecule has 5 heteroatoms. The van der Waals surface area contributed by atoms with Crippen LogP contribution in [0, 0.1) is 11.8 Å². The molecule has 154 valence electrons. The van der Waals surface area contributed by atoms with Gasteiger partial charge in [-0.25, -0.2) is 5.09 Å². The summed E-state index contributed by atoms with van der Waals surface area (Å²) >= 11 is 6.24. The second-order valence-electron chi connectivity index (χ2n) is 6.75. The van der Waals surface area contributed by atoms with E-state index in [4.69, 9.17) is 16.1 Å². The maximum atomic E-state index is 13.8. The summed E-state index contributed by atoms with van der Waals surface area (Å²) in [5, 5.41) is 4.10. The van der Waals surface area contributed by atoms with Crippen LogP contribution in [0.3, 0.4) is 0 Å². The lowest BCUT2D eigenvalue weighted by atomic mass is 10.1. The van der Waals surface area contributed by atoms with Crippen molar-refractivity contribution in [1.29, 1.82) is 0 Å². The average Bonchev–Trinajstić information content (AvgIpc) is 2.78. The zero-order valence-electron chi connectivity index (χ0n) is 17.2. The van der Waals surface area contributed by atoms with Crippen molar-refractivity contribution in [3.63, 3.8) is 0 Å². The molecule has 0 radical (unpaired) electrons. The van der Waals surface area contributed by atoms with E-state index in [0.717, 1.165) is 17.5 Å². The van der Waals surface area contributed by atoms with Crippen molar-refractivity contribution >= 4 is 24.4 Å². The Kier molecular flexibility index (Phi) is 7.91. The summed E-state index contributed by atoms with van der Waals surface area (Å²) in [4.78, 5) is 0. The van der Waals surface area contributed by atoms with Crippen molar-refractivity contribution in [2.24, 2.45) is 0 Å². The Bertz CT molecular complexity index is 1090. The fraction of sp³-hybridized carbons (Fsp3) is 0.200. The van der Waals surface area contributed by atoms with Crippen LogP contribution in [0.1, 0.15) is 36.1 Å². The van der Waals surface area contributed by atoms with E-state index >= 15 is 0 Å². The first-order chi connectivity index (χ1) is 14.5. The normalized spacial score (nSPS) is 12.6. The first kappa shape index (κ1) is 22.3. The maximum absolute atomic E-state index is 13.8. The monoisotopic (exact) mass is 437 g/mol. The van der Waals surface area contributed by atoms with Gasteiger partial charge < -0.3 is 4.52 Å². The Balaban J connectivity index is 1.94. The molecule has 3 aromatic carbocycles. The minimum Gasteiger partial charge on any atom is -0.315 e. The lowest BCUT2D eigenvalue weighted by molar-refractivity contribution is 0.332. The van der Waals surface area contributed by atoms with Gasteiger partial charge in [0.25, 0.3) is 0 Å². The van der Waals surface area contributed by atoms with Gasteiger partial charge in [-0.3, -0.25) is 4.57 Å². The minimum absolute atomic E-state index is 0.303. The highest BCUT2D eigenvalue weighted by atomic mass is 35.5. The van der Waals surface area contributed by atoms with Crippen LogP contribution >= 0.6 is 19.1 Å². The molecule has 0 aliphatic rings. The van der Waals surface area contributed by atoms with E-state index in [-0.39, 0.29) is 0 Å². The van der Waals surface area contributed by atoms with Gasteiger partial charge in [-0.05, 0) is 54.8 Å². The van der Waals surface area contributed by atoms with Crippen LogP contribution in [0.5, 0.6) is 0 Å². The van der Waals surface area contributed by atoms with Gasteiger partial charge in [0.05, 0.1) is 11.9 Å². The second-order valence-corrected chi connectivity index (χ2v) is 9.35. The van der Waals surface area contributed by atoms with E-state index in [2.05, 4.69) is 36.0 Å². The quantitative estimate of drug-likeness (QED) is 0.367. The molecule has 0 bridgehead atoms. The molecular formula is C25H25ClNO2P. The smallest absolute Gasteiger partial charge is 0.301 e. The molecule has 3 nitrogen and oxygen atoms in total. The molecule has 0 aliphatic heterocycles. The Morgan fingerprint density at radius 1 is 0.933 bits per heavy atom. The Hall–Kier alpha value is -2.34. The van der Waals surface area contributed by atoms with Gasteiger partial charge in [-0.1, -0.05) is 72.8 Å². The standard InChI is InChI=1S/C25H25ClNO2P/c1-3-20-10-12-21(13-11-20)14-15-23-16-17-24(26)18-25(23)30(28,29-4-2)27-19-22-8-6-5-7-9-22/h5-13,16-18H,3-4,19H2,1-2H3,(H,27,28). The predicted octanol–water partition coefficient (Wildman–Crippen LogP) is 5.95. The van der Waals surface area contributed by atoms with Crippen molar-refractivity contribution in [1.82, 2.24) is 5.09 Å². The summed E-state index contributed by atoms with van der Waals surface area (Å²) in [6, 6.07) is 23.1. The first-order valence-electron chi connectivity index (χ1n) is 9.98. The number of halogens is 1. The molecule has 0 aliphatic carbocycles. The predicted molar refractivity (Wildman–Crippen MR) is 125 cm³/mol. The second kappa shape index (κ2) is 10.6. The fourth-order valence-electron chi connectivity index (χ4n) is 2.99. The largest absolute Gasteiger partial charge is 0.315 e. The van der Waals surface area contributed by atoms with Crippen molar-refractivity contribution in [2.75, 3.05) is 6.61 Å². The van der Waals surface area contributed by atoms with Gasteiger partial charge in [0.2, 0.25) is 0 Å². The third-order valence-electron chi connectivity index (χ3n) is 4.63. The Labute approximate surface area is 183 Å². The summed E-state index contributed by atoms with van der Waals surface area (Å²) < 4.78 is 19.5. The van der Waals surface area contributed by atoms with Crippen LogP contribution in [0.15, 0.2) is 72.8 Å². The Morgan fingerprint density at radius 3 is 2.33 bits per heavy atom. The highest BCUT2D eigenvalue weighted by molar-refractivity contribution is 7.65. The van der Waals surface area contributed by atoms with Crippen LogP contribution in [0.2, 0.25) is 5.02 Å². The zero-order valence-corrected chi connectivity index (χ0v) is 18.8. The molecule has 30 heavy (non-hydrogen) atoms. The Morgan fingerprint density at radius 2 is 1.67 bits per heavy atom. The molecule has 1 atom stereocenters. The third-order valence-corrected chi connectivity index (χ3v) is 7.06. The van der Waals surface area contributed by atoms with Crippen molar-refractivity contribution in [3.8, 4) is 11.8 Å². The summed E-state index contributed by atoms with van der Waals surface area (Å²) in [6.07, 6.45) is 0.986. The molecule has 1 N–H and O–H groups in total. The average molecular weight is 438 g/mol. The van der Waals surface area contributed by atoms with Crippen molar-refractivity contribution in [3.05, 3.63) is 100 Å². The van der Waals surface area contributed by atoms with Crippen LogP contribution < -0.4 is 10.4 Å². The van der Waals surface area contributed by atoms with Gasteiger partial charge >= 0.3 is 7.52 Å². The maximum Gasteiger partial charge on any atom is 0.301 e. The van der Waals surface area contributed by atoms with E-state index in [9.17, 15) is 4.57 Å². The van der Waals surface area contributed by atoms with Gasteiger partial charge in [0.15, 0.2) is 0 Å². The summed E-state index contributed by atoms with van der Waals surface area (Å²) in [7, 11) is -3.37. The topological polar surface area (TPSA) is 38.3 Å². The lowest BCUT2D eigenvalue weighted by Crippen LogP contribution is -2.23. The van der Waals surface area contributed by atoms with E-state index in [1.165, 1.54) is 5.56 Å². The number of hydrogen-bond acceptors (Lipinski definition) is 2. The highest BCUT2D eigenvalue weighted by Crippen LogP contribution is 2.43. The molecule has 1 unspecified atom stereocenters. The van der Waals surface area contributed by atoms with E-state index in [0.29, 0.717) is 29.0 Å². The number of rotatable bonds is 7. The summed E-state index contributed by atoms with van der Waals surface area (Å²) in [5.41, 5.74) is 3.81. The minimum atomic E-state index is -3.37. The number of nitrogens with one attached hydrogen (secondary N) is 1. The molecule has 0 spiro atoms. The van der Waals surface area contributed by atoms with Gasteiger partial charge in [0.1, 0.15) is 0 Å². The molecule has 0 fully saturated rings.